The molecule has 0 aliphatic carbocycles. The van der Waals surface area contributed by atoms with Gasteiger partial charge >= 0.3 is 6.18 Å². The number of hydrogen-bond acceptors (Lipinski definition) is 2. The molecule has 106 valence electrons. The van der Waals surface area contributed by atoms with Crippen molar-refractivity contribution in [3.8, 4) is 11.3 Å². The fraction of sp³-hybridized carbons (Fsp3) is 0.154. The van der Waals surface area contributed by atoms with Crippen LogP contribution in [0.5, 0.6) is 0 Å². The quantitative estimate of drug-likeness (QED) is 0.879. The molecule has 7 heteroatoms. The van der Waals surface area contributed by atoms with Gasteiger partial charge in [-0.05, 0) is 24.3 Å². The van der Waals surface area contributed by atoms with Crippen LogP contribution in [0.15, 0.2) is 30.5 Å². The SMILES string of the molecule is OCc1c(C(F)(F)F)ccnc1-c1cc(Cl)ccc1Cl. The molecule has 2 rings (SSSR count). The number of aliphatic hydroxyl groups excluding tert-OH is 1. The van der Waals surface area contributed by atoms with Crippen LogP contribution < -0.4 is 0 Å². The summed E-state index contributed by atoms with van der Waals surface area (Å²) in [6, 6.07) is 5.20. The van der Waals surface area contributed by atoms with E-state index in [1.807, 2.05) is 0 Å². The molecule has 0 amide bonds. The lowest BCUT2D eigenvalue weighted by Gasteiger charge is -2.15. The van der Waals surface area contributed by atoms with E-state index in [1.165, 1.54) is 18.2 Å². The van der Waals surface area contributed by atoms with E-state index in [0.29, 0.717) is 5.02 Å². The summed E-state index contributed by atoms with van der Waals surface area (Å²) in [6.07, 6.45) is -3.56. The standard InChI is InChI=1S/C13H8Cl2F3NO/c14-7-1-2-11(15)8(5-7)12-9(6-20)10(3-4-19-12)13(16,17)18/h1-5,20H,6H2. The zero-order valence-electron chi connectivity index (χ0n) is 9.88. The Kier molecular flexibility index (Phi) is 4.22. The number of nitrogens with zero attached hydrogens (tertiary/aromatic N) is 1. The molecule has 1 heterocycles. The number of hydrogen-bond donors (Lipinski definition) is 1. The maximum absolute atomic E-state index is 12.9. The van der Waals surface area contributed by atoms with Crippen molar-refractivity contribution < 1.29 is 18.3 Å². The van der Waals surface area contributed by atoms with Crippen LogP contribution in [0.2, 0.25) is 10.0 Å². The normalized spacial score (nSPS) is 11.7. The molecule has 1 aromatic carbocycles. The summed E-state index contributed by atoms with van der Waals surface area (Å²) >= 11 is 11.8. The summed E-state index contributed by atoms with van der Waals surface area (Å²) in [5.41, 5.74) is -1.06. The summed E-state index contributed by atoms with van der Waals surface area (Å²) in [4.78, 5) is 3.89. The fourth-order valence-electron chi connectivity index (χ4n) is 1.83. The van der Waals surface area contributed by atoms with E-state index < -0.39 is 18.3 Å². The average molecular weight is 322 g/mol. The zero-order valence-corrected chi connectivity index (χ0v) is 11.4. The van der Waals surface area contributed by atoms with Crippen LogP contribution >= 0.6 is 23.2 Å². The highest BCUT2D eigenvalue weighted by Crippen LogP contribution is 2.38. The monoisotopic (exact) mass is 321 g/mol. The highest BCUT2D eigenvalue weighted by atomic mass is 35.5. The van der Waals surface area contributed by atoms with E-state index in [2.05, 4.69) is 4.98 Å². The van der Waals surface area contributed by atoms with Crippen molar-refractivity contribution in [3.05, 3.63) is 51.6 Å². The van der Waals surface area contributed by atoms with Crippen molar-refractivity contribution in [2.45, 2.75) is 12.8 Å². The van der Waals surface area contributed by atoms with Crippen LogP contribution in [0.25, 0.3) is 11.3 Å². The van der Waals surface area contributed by atoms with Gasteiger partial charge in [0.1, 0.15) is 0 Å². The maximum atomic E-state index is 12.9. The molecule has 0 fully saturated rings. The summed E-state index contributed by atoms with van der Waals surface area (Å²) in [6.45, 7) is -0.805. The number of rotatable bonds is 2. The Morgan fingerprint density at radius 3 is 2.45 bits per heavy atom. The van der Waals surface area contributed by atoms with E-state index in [9.17, 15) is 18.3 Å². The lowest BCUT2D eigenvalue weighted by molar-refractivity contribution is -0.138. The van der Waals surface area contributed by atoms with Crippen molar-refractivity contribution in [1.82, 2.24) is 4.98 Å². The van der Waals surface area contributed by atoms with Crippen molar-refractivity contribution in [3.63, 3.8) is 0 Å². The molecule has 0 bridgehead atoms. The predicted molar refractivity (Wildman–Crippen MR) is 70.6 cm³/mol. The Bertz CT molecular complexity index is 644. The van der Waals surface area contributed by atoms with Crippen LogP contribution in [-0.4, -0.2) is 10.1 Å². The Morgan fingerprint density at radius 2 is 1.85 bits per heavy atom. The first-order valence-electron chi connectivity index (χ1n) is 5.46. The zero-order chi connectivity index (χ0) is 14.9. The van der Waals surface area contributed by atoms with Crippen LogP contribution in [-0.2, 0) is 12.8 Å². The minimum atomic E-state index is -4.58. The van der Waals surface area contributed by atoms with Gasteiger partial charge in [0.25, 0.3) is 0 Å². The van der Waals surface area contributed by atoms with E-state index in [0.717, 1.165) is 12.3 Å². The smallest absolute Gasteiger partial charge is 0.392 e. The van der Waals surface area contributed by atoms with E-state index >= 15 is 0 Å². The van der Waals surface area contributed by atoms with Crippen LogP contribution in [0, 0.1) is 0 Å². The van der Waals surface area contributed by atoms with Gasteiger partial charge in [0.2, 0.25) is 0 Å². The topological polar surface area (TPSA) is 33.1 Å². The van der Waals surface area contributed by atoms with Gasteiger partial charge in [-0.2, -0.15) is 13.2 Å². The Balaban J connectivity index is 2.72. The Morgan fingerprint density at radius 1 is 1.15 bits per heavy atom. The third kappa shape index (κ3) is 2.90. The maximum Gasteiger partial charge on any atom is 0.416 e. The molecule has 0 spiro atoms. The number of pyridine rings is 1. The lowest BCUT2D eigenvalue weighted by Crippen LogP contribution is -2.11. The Hall–Kier alpha value is -1.30. The molecular formula is C13H8Cl2F3NO. The predicted octanol–water partition coefficient (Wildman–Crippen LogP) is 4.57. The molecule has 20 heavy (non-hydrogen) atoms. The van der Waals surface area contributed by atoms with Gasteiger partial charge in [-0.25, -0.2) is 0 Å². The van der Waals surface area contributed by atoms with Gasteiger partial charge in [-0.3, -0.25) is 4.98 Å². The molecule has 0 aliphatic rings. The largest absolute Gasteiger partial charge is 0.416 e. The molecule has 0 aliphatic heterocycles. The van der Waals surface area contributed by atoms with Crippen LogP contribution in [0.3, 0.4) is 0 Å². The van der Waals surface area contributed by atoms with E-state index in [4.69, 9.17) is 23.2 Å². The number of aromatic nitrogens is 1. The first-order chi connectivity index (χ1) is 9.34. The summed E-state index contributed by atoms with van der Waals surface area (Å²) in [7, 11) is 0. The number of aliphatic hydroxyl groups is 1. The average Bonchev–Trinajstić information content (AvgIpc) is 2.39. The van der Waals surface area contributed by atoms with Gasteiger partial charge in [-0.1, -0.05) is 23.2 Å². The summed E-state index contributed by atoms with van der Waals surface area (Å²) in [5.74, 6) is 0. The highest BCUT2D eigenvalue weighted by molar-refractivity contribution is 6.35. The number of alkyl halides is 3. The van der Waals surface area contributed by atoms with Crippen molar-refractivity contribution in [2.75, 3.05) is 0 Å². The molecule has 2 aromatic rings. The van der Waals surface area contributed by atoms with E-state index in [-0.39, 0.29) is 21.8 Å². The second kappa shape index (κ2) is 5.60. The minimum Gasteiger partial charge on any atom is -0.392 e. The van der Waals surface area contributed by atoms with Gasteiger partial charge in [0.15, 0.2) is 0 Å². The summed E-state index contributed by atoms with van der Waals surface area (Å²) in [5, 5.41) is 9.79. The third-order valence-corrected chi connectivity index (χ3v) is 3.27. The molecule has 0 radical (unpaired) electrons. The van der Waals surface area contributed by atoms with Crippen molar-refractivity contribution in [2.24, 2.45) is 0 Å². The van der Waals surface area contributed by atoms with Crippen molar-refractivity contribution >= 4 is 23.2 Å². The molecule has 1 aromatic heterocycles. The van der Waals surface area contributed by atoms with Gasteiger partial charge in [0.05, 0.1) is 22.9 Å². The van der Waals surface area contributed by atoms with E-state index in [1.54, 1.807) is 0 Å². The van der Waals surface area contributed by atoms with Gasteiger partial charge in [0, 0.05) is 22.3 Å². The second-order valence-corrected chi connectivity index (χ2v) is 4.81. The van der Waals surface area contributed by atoms with Crippen LogP contribution in [0.1, 0.15) is 11.1 Å². The highest BCUT2D eigenvalue weighted by Gasteiger charge is 2.34. The van der Waals surface area contributed by atoms with Gasteiger partial charge < -0.3 is 5.11 Å². The summed E-state index contributed by atoms with van der Waals surface area (Å²) < 4.78 is 38.7. The molecule has 0 unspecified atom stereocenters. The molecule has 0 saturated carbocycles. The molecule has 0 saturated heterocycles. The van der Waals surface area contributed by atoms with Crippen LogP contribution in [0.4, 0.5) is 13.2 Å². The lowest BCUT2D eigenvalue weighted by atomic mass is 10.0. The second-order valence-electron chi connectivity index (χ2n) is 3.97. The molecule has 1 N–H and O–H groups in total. The minimum absolute atomic E-state index is 0.0326. The first-order valence-corrected chi connectivity index (χ1v) is 6.21. The fourth-order valence-corrected chi connectivity index (χ4v) is 2.21. The van der Waals surface area contributed by atoms with Gasteiger partial charge in [-0.15, -0.1) is 0 Å². The number of halogens is 5. The molecule has 0 atom stereocenters. The first kappa shape index (κ1) is 15.1. The van der Waals surface area contributed by atoms with Crippen molar-refractivity contribution in [1.29, 1.82) is 0 Å². The molecule has 2 nitrogen and oxygen atoms in total. The number of benzene rings is 1. The molecular weight excluding hydrogens is 314 g/mol. The third-order valence-electron chi connectivity index (χ3n) is 2.70. The Labute approximate surface area is 122 Å².